The second-order valence-electron chi connectivity index (χ2n) is 6.24. The number of nitrogens with two attached hydrogens (primary N) is 1. The van der Waals surface area contributed by atoms with E-state index < -0.39 is 35.4 Å². The summed E-state index contributed by atoms with van der Waals surface area (Å²) >= 11 is 0. The van der Waals surface area contributed by atoms with Crippen LogP contribution in [0.2, 0.25) is 0 Å². The minimum absolute atomic E-state index is 0.0854. The van der Waals surface area contributed by atoms with Crippen molar-refractivity contribution in [3.05, 3.63) is 35.9 Å². The Balaban J connectivity index is 3.00. The van der Waals surface area contributed by atoms with Gasteiger partial charge in [0.05, 0.1) is 6.04 Å². The summed E-state index contributed by atoms with van der Waals surface area (Å²) in [6.45, 7) is 6.64. The zero-order valence-corrected chi connectivity index (χ0v) is 14.4. The number of carbonyl (C=O) groups is 3. The van der Waals surface area contributed by atoms with Crippen molar-refractivity contribution in [1.29, 1.82) is 0 Å². The van der Waals surface area contributed by atoms with Crippen LogP contribution in [-0.4, -0.2) is 23.4 Å². The number of rotatable bonds is 5. The van der Waals surface area contributed by atoms with Gasteiger partial charge in [0.15, 0.2) is 5.92 Å². The molecule has 0 aromatic heterocycles. The monoisotopic (exact) mass is 336 g/mol. The predicted octanol–water partition coefficient (Wildman–Crippen LogP) is 1.63. The van der Waals surface area contributed by atoms with E-state index in [0.717, 1.165) is 0 Å². The van der Waals surface area contributed by atoms with Crippen molar-refractivity contribution in [1.82, 2.24) is 5.48 Å². The van der Waals surface area contributed by atoms with Gasteiger partial charge in [-0.2, -0.15) is 5.48 Å². The molecule has 1 aromatic carbocycles. The van der Waals surface area contributed by atoms with Crippen LogP contribution in [0.15, 0.2) is 30.3 Å². The highest BCUT2D eigenvalue weighted by atomic mass is 16.7. The van der Waals surface area contributed by atoms with Gasteiger partial charge in [-0.25, -0.2) is 4.79 Å². The Hall–Kier alpha value is -2.41. The second kappa shape index (κ2) is 8.44. The number of hydroxylamine groups is 1. The lowest BCUT2D eigenvalue weighted by Crippen LogP contribution is -2.45. The van der Waals surface area contributed by atoms with Gasteiger partial charge in [-0.1, -0.05) is 37.3 Å². The molecule has 0 aliphatic heterocycles. The van der Waals surface area contributed by atoms with Gasteiger partial charge in [0.1, 0.15) is 5.60 Å². The van der Waals surface area contributed by atoms with Crippen LogP contribution in [0.5, 0.6) is 0 Å². The lowest BCUT2D eigenvalue weighted by atomic mass is 9.93. The highest BCUT2D eigenvalue weighted by molar-refractivity contribution is 5.98. The normalized spacial score (nSPS) is 13.5. The van der Waals surface area contributed by atoms with Crippen LogP contribution in [0.3, 0.4) is 0 Å². The minimum atomic E-state index is -1.35. The van der Waals surface area contributed by atoms with E-state index in [2.05, 4.69) is 4.84 Å². The van der Waals surface area contributed by atoms with E-state index in [0.29, 0.717) is 5.56 Å². The smallest absolute Gasteiger partial charge is 0.331 e. The van der Waals surface area contributed by atoms with Gasteiger partial charge in [-0.15, -0.1) is 0 Å². The third-order valence-corrected chi connectivity index (χ3v) is 3.04. The Morgan fingerprint density at radius 3 is 2.25 bits per heavy atom. The molecule has 1 unspecified atom stereocenters. The van der Waals surface area contributed by atoms with E-state index in [4.69, 9.17) is 10.5 Å². The molecule has 1 rings (SSSR count). The fraction of sp³-hybridized carbons (Fsp3) is 0.471. The van der Waals surface area contributed by atoms with E-state index >= 15 is 0 Å². The number of esters is 1. The molecule has 7 heteroatoms. The third kappa shape index (κ3) is 6.00. The van der Waals surface area contributed by atoms with Crippen molar-refractivity contribution in [2.75, 3.05) is 0 Å². The van der Waals surface area contributed by atoms with Crippen LogP contribution in [-0.2, 0) is 24.0 Å². The van der Waals surface area contributed by atoms with Crippen molar-refractivity contribution in [3.63, 3.8) is 0 Å². The van der Waals surface area contributed by atoms with Crippen LogP contribution in [0.25, 0.3) is 0 Å². The second-order valence-corrected chi connectivity index (χ2v) is 6.24. The van der Waals surface area contributed by atoms with Crippen molar-refractivity contribution < 1.29 is 24.0 Å². The zero-order chi connectivity index (χ0) is 18.3. The Bertz CT molecular complexity index is 580. The lowest BCUT2D eigenvalue weighted by Gasteiger charge is -2.26. The molecule has 0 radical (unpaired) electrons. The molecule has 132 valence electrons. The first-order valence-corrected chi connectivity index (χ1v) is 7.68. The van der Waals surface area contributed by atoms with Crippen molar-refractivity contribution in [2.24, 2.45) is 11.7 Å². The van der Waals surface area contributed by atoms with E-state index in [9.17, 15) is 14.4 Å². The average molecular weight is 336 g/mol. The number of benzene rings is 1. The molecule has 0 heterocycles. The molecule has 3 N–H and O–H groups in total. The highest BCUT2D eigenvalue weighted by Crippen LogP contribution is 2.23. The molecular formula is C17H24N2O5. The van der Waals surface area contributed by atoms with Gasteiger partial charge in [0.2, 0.25) is 0 Å². The molecule has 0 spiro atoms. The van der Waals surface area contributed by atoms with Gasteiger partial charge in [0, 0.05) is 6.42 Å². The van der Waals surface area contributed by atoms with E-state index in [1.54, 1.807) is 58.0 Å². The molecule has 0 fully saturated rings. The minimum Gasteiger partial charge on any atom is -0.459 e. The summed E-state index contributed by atoms with van der Waals surface area (Å²) in [5.74, 6) is -3.60. The molecule has 1 aromatic rings. The summed E-state index contributed by atoms with van der Waals surface area (Å²) in [4.78, 5) is 40.6. The Morgan fingerprint density at radius 1 is 1.17 bits per heavy atom. The van der Waals surface area contributed by atoms with E-state index in [-0.39, 0.29) is 6.42 Å². The van der Waals surface area contributed by atoms with Crippen LogP contribution < -0.4 is 11.2 Å². The van der Waals surface area contributed by atoms with Crippen LogP contribution in [0.4, 0.5) is 0 Å². The van der Waals surface area contributed by atoms with Crippen molar-refractivity contribution >= 4 is 17.8 Å². The summed E-state index contributed by atoms with van der Waals surface area (Å²) in [5.41, 5.74) is 7.88. The maximum Gasteiger partial charge on any atom is 0.331 e. The average Bonchev–Trinajstić information content (AvgIpc) is 2.51. The molecule has 24 heavy (non-hydrogen) atoms. The predicted molar refractivity (Wildman–Crippen MR) is 87.2 cm³/mol. The fourth-order valence-electron chi connectivity index (χ4n) is 1.89. The van der Waals surface area contributed by atoms with E-state index in [1.807, 2.05) is 5.48 Å². The van der Waals surface area contributed by atoms with Gasteiger partial charge in [0.25, 0.3) is 5.91 Å². The Morgan fingerprint density at radius 2 is 1.75 bits per heavy atom. The largest absolute Gasteiger partial charge is 0.459 e. The number of carbonyl (C=O) groups excluding carboxylic acids is 3. The quantitative estimate of drug-likeness (QED) is 0.481. The summed E-state index contributed by atoms with van der Waals surface area (Å²) < 4.78 is 5.28. The SMILES string of the molecule is CCC(=O)ONC(=O)[C@@H](C(=O)OC(C)(C)C)C(N)c1ccccc1. The molecule has 7 nitrogen and oxygen atoms in total. The molecule has 1 amide bonds. The molecule has 0 saturated carbocycles. The maximum absolute atomic E-state index is 12.4. The van der Waals surface area contributed by atoms with Gasteiger partial charge >= 0.3 is 11.9 Å². The van der Waals surface area contributed by atoms with Gasteiger partial charge in [-0.3, -0.25) is 9.59 Å². The Kier molecular flexibility index (Phi) is 6.91. The standard InChI is InChI=1S/C17H24N2O5/c1-5-12(20)24-19-15(21)13(16(22)23-17(2,3)4)14(18)11-9-7-6-8-10-11/h6-10,13-14H,5,18H2,1-4H3,(H,19,21)/t13-,14?/m0/s1. The molecular weight excluding hydrogens is 312 g/mol. The molecule has 0 bridgehead atoms. The number of amides is 1. The highest BCUT2D eigenvalue weighted by Gasteiger charge is 2.37. The summed E-state index contributed by atoms with van der Waals surface area (Å²) in [6.07, 6.45) is 0.0854. The first-order chi connectivity index (χ1) is 11.2. The molecule has 0 aliphatic rings. The van der Waals surface area contributed by atoms with Crippen molar-refractivity contribution in [3.8, 4) is 0 Å². The Labute approximate surface area is 141 Å². The first kappa shape index (κ1) is 19.6. The topological polar surface area (TPSA) is 108 Å². The summed E-state index contributed by atoms with van der Waals surface area (Å²) in [7, 11) is 0. The third-order valence-electron chi connectivity index (χ3n) is 3.04. The van der Waals surface area contributed by atoms with Crippen LogP contribution in [0.1, 0.15) is 45.7 Å². The van der Waals surface area contributed by atoms with Crippen LogP contribution in [0, 0.1) is 5.92 Å². The molecule has 2 atom stereocenters. The lowest BCUT2D eigenvalue weighted by molar-refractivity contribution is -0.170. The summed E-state index contributed by atoms with van der Waals surface area (Å²) in [5, 5.41) is 0. The number of ether oxygens (including phenoxy) is 1. The summed E-state index contributed by atoms with van der Waals surface area (Å²) in [6, 6.07) is 7.75. The molecule has 0 aliphatic carbocycles. The fourth-order valence-corrected chi connectivity index (χ4v) is 1.89. The number of hydrogen-bond donors (Lipinski definition) is 2. The maximum atomic E-state index is 12.4. The number of hydrogen-bond acceptors (Lipinski definition) is 6. The van der Waals surface area contributed by atoms with Gasteiger partial charge in [-0.05, 0) is 26.3 Å². The first-order valence-electron chi connectivity index (χ1n) is 7.68. The number of nitrogens with one attached hydrogen (secondary N) is 1. The molecule has 0 saturated heterocycles. The van der Waals surface area contributed by atoms with Crippen LogP contribution >= 0.6 is 0 Å². The zero-order valence-electron chi connectivity index (χ0n) is 14.4. The van der Waals surface area contributed by atoms with Gasteiger partial charge < -0.3 is 15.3 Å². The van der Waals surface area contributed by atoms with E-state index in [1.165, 1.54) is 0 Å². The van der Waals surface area contributed by atoms with Crippen molar-refractivity contribution in [2.45, 2.75) is 45.8 Å².